The lowest BCUT2D eigenvalue weighted by Gasteiger charge is -2.07. The number of para-hydroxylation sites is 2. The summed E-state index contributed by atoms with van der Waals surface area (Å²) < 4.78 is 0. The second-order valence-electron chi connectivity index (χ2n) is 5.06. The molecule has 0 saturated heterocycles. The smallest absolute Gasteiger partial charge is 0.142 e. The molecule has 0 fully saturated rings. The number of fused-ring (bicyclic) bond motifs is 1. The molecule has 5 heteroatoms. The van der Waals surface area contributed by atoms with Gasteiger partial charge in [-0.1, -0.05) is 42.5 Å². The maximum absolute atomic E-state index is 9.92. The normalized spacial score (nSPS) is 10.8. The topological polar surface area (TPSA) is 58.0 Å². The number of hydrogen-bond donors (Lipinski definition) is 2. The predicted octanol–water partition coefficient (Wildman–Crippen LogP) is 4.81. The quantitative estimate of drug-likeness (QED) is 0.532. The molecule has 0 amide bonds. The van der Waals surface area contributed by atoms with Crippen LogP contribution in [0.1, 0.15) is 0 Å². The van der Waals surface area contributed by atoms with Crippen LogP contribution in [0, 0.1) is 0 Å². The van der Waals surface area contributed by atoms with Gasteiger partial charge in [0.05, 0.1) is 11.1 Å². The summed E-state index contributed by atoms with van der Waals surface area (Å²) in [4.78, 5) is 10.7. The number of phenols is 1. The molecule has 2 N–H and O–H groups in total. The minimum Gasteiger partial charge on any atom is -0.506 e. The molecule has 0 saturated carbocycles. The Morgan fingerprint density at radius 3 is 2.52 bits per heavy atom. The fraction of sp³-hybridized carbons (Fsp3) is 0. The van der Waals surface area contributed by atoms with Crippen molar-refractivity contribution in [2.45, 2.75) is 0 Å². The van der Waals surface area contributed by atoms with E-state index in [4.69, 9.17) is 0 Å². The number of nitrogens with one attached hydrogen (secondary N) is 1. The van der Waals surface area contributed by atoms with Crippen molar-refractivity contribution in [3.8, 4) is 16.2 Å². The Hall–Kier alpha value is -2.92. The van der Waals surface area contributed by atoms with Gasteiger partial charge >= 0.3 is 0 Å². The molecule has 0 bridgehead atoms. The maximum atomic E-state index is 9.92. The van der Waals surface area contributed by atoms with Gasteiger partial charge in [0.25, 0.3) is 0 Å². The lowest BCUT2D eigenvalue weighted by Crippen LogP contribution is -1.94. The highest BCUT2D eigenvalue weighted by atomic mass is 32.1. The fourth-order valence-corrected chi connectivity index (χ4v) is 3.41. The van der Waals surface area contributed by atoms with Crippen LogP contribution in [0.2, 0.25) is 0 Å². The number of aromatic hydroxyl groups is 1. The largest absolute Gasteiger partial charge is 0.506 e. The first-order valence-electron chi connectivity index (χ1n) is 7.16. The summed E-state index contributed by atoms with van der Waals surface area (Å²) in [7, 11) is 0. The van der Waals surface area contributed by atoms with Gasteiger partial charge in [0, 0.05) is 4.88 Å². The number of thiophene rings is 1. The summed E-state index contributed by atoms with van der Waals surface area (Å²) in [6.07, 6.45) is 1.54. The van der Waals surface area contributed by atoms with Crippen molar-refractivity contribution in [2.24, 2.45) is 0 Å². The number of benzene rings is 2. The monoisotopic (exact) mass is 319 g/mol. The molecule has 0 aliphatic rings. The van der Waals surface area contributed by atoms with Crippen molar-refractivity contribution in [3.63, 3.8) is 0 Å². The number of nitrogens with zero attached hydrogens (tertiary/aromatic N) is 2. The molecule has 23 heavy (non-hydrogen) atoms. The molecule has 0 unspecified atom stereocenters. The molecule has 2 aromatic heterocycles. The zero-order valence-corrected chi connectivity index (χ0v) is 12.9. The van der Waals surface area contributed by atoms with Crippen LogP contribution in [-0.4, -0.2) is 15.1 Å². The number of rotatable bonds is 3. The minimum absolute atomic E-state index is 0.192. The van der Waals surface area contributed by atoms with Gasteiger partial charge < -0.3 is 10.4 Å². The van der Waals surface area contributed by atoms with E-state index in [0.29, 0.717) is 11.5 Å². The van der Waals surface area contributed by atoms with E-state index in [1.807, 2.05) is 30.3 Å². The van der Waals surface area contributed by atoms with Gasteiger partial charge in [-0.25, -0.2) is 9.97 Å². The number of phenolic OH excluding ortho intramolecular Hbond substituents is 1. The molecule has 4 nitrogen and oxygen atoms in total. The summed E-state index contributed by atoms with van der Waals surface area (Å²) in [5.74, 6) is 0.882. The Kier molecular flexibility index (Phi) is 3.40. The molecule has 2 heterocycles. The summed E-state index contributed by atoms with van der Waals surface area (Å²) in [6.45, 7) is 0. The molecule has 4 aromatic rings. The molecule has 4 rings (SSSR count). The van der Waals surface area contributed by atoms with E-state index in [1.54, 1.807) is 23.5 Å². The highest BCUT2D eigenvalue weighted by Gasteiger charge is 2.11. The Morgan fingerprint density at radius 1 is 0.913 bits per heavy atom. The van der Waals surface area contributed by atoms with Crippen LogP contribution in [0.3, 0.4) is 0 Å². The zero-order chi connectivity index (χ0) is 15.6. The van der Waals surface area contributed by atoms with Gasteiger partial charge in [-0.2, -0.15) is 0 Å². The van der Waals surface area contributed by atoms with Crippen molar-refractivity contribution in [2.75, 3.05) is 5.32 Å². The van der Waals surface area contributed by atoms with E-state index in [2.05, 4.69) is 33.5 Å². The van der Waals surface area contributed by atoms with Gasteiger partial charge in [-0.05, 0) is 23.8 Å². The Balaban J connectivity index is 1.79. The highest BCUT2D eigenvalue weighted by Crippen LogP contribution is 2.36. The Morgan fingerprint density at radius 2 is 1.70 bits per heavy atom. The molecule has 0 spiro atoms. The highest BCUT2D eigenvalue weighted by molar-refractivity contribution is 7.21. The Bertz CT molecular complexity index is 966. The second-order valence-corrected chi connectivity index (χ2v) is 6.09. The SMILES string of the molecule is Oc1ccccc1Nc1ncnc2sc(-c3ccccc3)cc12. The maximum Gasteiger partial charge on any atom is 0.142 e. The van der Waals surface area contributed by atoms with Crippen molar-refractivity contribution in [3.05, 3.63) is 67.0 Å². The molecule has 2 aromatic carbocycles. The summed E-state index contributed by atoms with van der Waals surface area (Å²) in [6, 6.07) is 19.4. The van der Waals surface area contributed by atoms with Crippen molar-refractivity contribution in [1.29, 1.82) is 0 Å². The standard InChI is InChI=1S/C18H13N3OS/c22-15-9-5-4-8-14(15)21-17-13-10-16(12-6-2-1-3-7-12)23-18(13)20-11-19-17/h1-11,22H,(H,19,20,21). The van der Waals surface area contributed by atoms with Crippen LogP contribution < -0.4 is 5.32 Å². The van der Waals surface area contributed by atoms with E-state index in [1.165, 1.54) is 6.33 Å². The van der Waals surface area contributed by atoms with Crippen LogP contribution >= 0.6 is 11.3 Å². The van der Waals surface area contributed by atoms with Crippen molar-refractivity contribution < 1.29 is 5.11 Å². The molecule has 0 aliphatic heterocycles. The van der Waals surface area contributed by atoms with Gasteiger partial charge in [0.2, 0.25) is 0 Å². The predicted molar refractivity (Wildman–Crippen MR) is 94.2 cm³/mol. The van der Waals surface area contributed by atoms with Crippen LogP contribution in [0.15, 0.2) is 67.0 Å². The molecule has 0 radical (unpaired) electrons. The average molecular weight is 319 g/mol. The third-order valence-corrected chi connectivity index (χ3v) is 4.64. The lowest BCUT2D eigenvalue weighted by atomic mass is 10.2. The number of hydrogen-bond acceptors (Lipinski definition) is 5. The molecule has 112 valence electrons. The van der Waals surface area contributed by atoms with Crippen LogP contribution in [0.4, 0.5) is 11.5 Å². The molecular formula is C18H13N3OS. The van der Waals surface area contributed by atoms with Crippen LogP contribution in [-0.2, 0) is 0 Å². The van der Waals surface area contributed by atoms with E-state index in [0.717, 1.165) is 20.7 Å². The first-order valence-corrected chi connectivity index (χ1v) is 7.98. The Labute approximate surface area is 137 Å². The van der Waals surface area contributed by atoms with Gasteiger partial charge in [-0.3, -0.25) is 0 Å². The molecular weight excluding hydrogens is 306 g/mol. The van der Waals surface area contributed by atoms with E-state index < -0.39 is 0 Å². The van der Waals surface area contributed by atoms with Gasteiger partial charge in [0.1, 0.15) is 22.7 Å². The minimum atomic E-state index is 0.192. The average Bonchev–Trinajstić information content (AvgIpc) is 3.03. The lowest BCUT2D eigenvalue weighted by molar-refractivity contribution is 0.478. The second kappa shape index (κ2) is 5.70. The fourth-order valence-electron chi connectivity index (χ4n) is 2.41. The first kappa shape index (κ1) is 13.7. The summed E-state index contributed by atoms with van der Waals surface area (Å²) in [5, 5.41) is 14.1. The third kappa shape index (κ3) is 2.62. The van der Waals surface area contributed by atoms with Crippen molar-refractivity contribution >= 4 is 33.1 Å². The van der Waals surface area contributed by atoms with E-state index in [-0.39, 0.29) is 5.75 Å². The molecule has 0 atom stereocenters. The van der Waals surface area contributed by atoms with Gasteiger partial charge in [0.15, 0.2) is 0 Å². The first-order chi connectivity index (χ1) is 11.3. The van der Waals surface area contributed by atoms with Crippen LogP contribution in [0.5, 0.6) is 5.75 Å². The summed E-state index contributed by atoms with van der Waals surface area (Å²) >= 11 is 1.63. The van der Waals surface area contributed by atoms with E-state index >= 15 is 0 Å². The third-order valence-electron chi connectivity index (χ3n) is 3.54. The van der Waals surface area contributed by atoms with Crippen LogP contribution in [0.25, 0.3) is 20.7 Å². The zero-order valence-electron chi connectivity index (χ0n) is 12.1. The molecule has 0 aliphatic carbocycles. The number of aromatic nitrogens is 2. The number of anilines is 2. The summed E-state index contributed by atoms with van der Waals surface area (Å²) in [5.41, 5.74) is 1.78. The van der Waals surface area contributed by atoms with Crippen molar-refractivity contribution in [1.82, 2.24) is 9.97 Å². The van der Waals surface area contributed by atoms with E-state index in [9.17, 15) is 5.11 Å². The van der Waals surface area contributed by atoms with Gasteiger partial charge in [-0.15, -0.1) is 11.3 Å².